The maximum absolute atomic E-state index is 12.3. The van der Waals surface area contributed by atoms with Crippen molar-refractivity contribution in [1.82, 2.24) is 20.4 Å². The fourth-order valence-corrected chi connectivity index (χ4v) is 4.57. The number of carbonyl (C=O) groups is 2. The third-order valence-electron chi connectivity index (χ3n) is 5.83. The molecule has 4 fully saturated rings. The highest BCUT2D eigenvalue weighted by Crippen LogP contribution is 2.65. The van der Waals surface area contributed by atoms with Crippen LogP contribution in [0.5, 0.6) is 0 Å². The standard InChI is InChI=1S/C19H25F3N4O4/c1-16(2,3)30-15(28)25-17-8-18(9-17,10-17)26-7-11(6-23-26)14(27)24-12-4-13(5-12)29-19(20,21)22/h6-7,12-13H,4-5,8-10H2,1-3H3,(H,24,27)(H,25,28). The molecule has 2 N–H and O–H groups in total. The molecule has 0 aliphatic heterocycles. The van der Waals surface area contributed by atoms with Crippen LogP contribution in [-0.4, -0.2) is 51.4 Å². The Balaban J connectivity index is 1.24. The van der Waals surface area contributed by atoms with Crippen molar-refractivity contribution in [3.63, 3.8) is 0 Å². The third kappa shape index (κ3) is 4.12. The summed E-state index contributed by atoms with van der Waals surface area (Å²) in [6, 6.07) is -0.343. The van der Waals surface area contributed by atoms with Gasteiger partial charge >= 0.3 is 12.5 Å². The molecular weight excluding hydrogens is 405 g/mol. The molecule has 0 spiro atoms. The van der Waals surface area contributed by atoms with Crippen molar-refractivity contribution < 1.29 is 32.2 Å². The van der Waals surface area contributed by atoms with Crippen molar-refractivity contribution in [3.8, 4) is 0 Å². The second-order valence-corrected chi connectivity index (χ2v) is 9.66. The Bertz CT molecular complexity index is 835. The molecule has 0 radical (unpaired) electrons. The maximum Gasteiger partial charge on any atom is 0.522 e. The van der Waals surface area contributed by atoms with Gasteiger partial charge in [0.1, 0.15) is 5.60 Å². The molecule has 166 valence electrons. The monoisotopic (exact) mass is 430 g/mol. The summed E-state index contributed by atoms with van der Waals surface area (Å²) < 4.78 is 47.4. The van der Waals surface area contributed by atoms with Gasteiger partial charge in [0.05, 0.1) is 28.9 Å². The average molecular weight is 430 g/mol. The molecule has 30 heavy (non-hydrogen) atoms. The predicted molar refractivity (Wildman–Crippen MR) is 97.6 cm³/mol. The quantitative estimate of drug-likeness (QED) is 0.749. The number of ether oxygens (including phenoxy) is 2. The molecule has 1 heterocycles. The average Bonchev–Trinajstić information content (AvgIpc) is 2.93. The van der Waals surface area contributed by atoms with E-state index in [0.29, 0.717) is 24.8 Å². The van der Waals surface area contributed by atoms with Crippen molar-refractivity contribution in [2.75, 3.05) is 0 Å². The zero-order valence-corrected chi connectivity index (χ0v) is 17.0. The van der Waals surface area contributed by atoms with Crippen LogP contribution in [0.2, 0.25) is 0 Å². The molecule has 0 saturated heterocycles. The summed E-state index contributed by atoms with van der Waals surface area (Å²) in [7, 11) is 0. The molecule has 5 rings (SSSR count). The van der Waals surface area contributed by atoms with Crippen LogP contribution in [0.4, 0.5) is 18.0 Å². The van der Waals surface area contributed by atoms with Crippen molar-refractivity contribution in [3.05, 3.63) is 18.0 Å². The van der Waals surface area contributed by atoms with E-state index in [9.17, 15) is 22.8 Å². The fourth-order valence-electron chi connectivity index (χ4n) is 4.57. The number of nitrogens with one attached hydrogen (secondary N) is 2. The second kappa shape index (κ2) is 6.60. The van der Waals surface area contributed by atoms with Crippen LogP contribution < -0.4 is 10.6 Å². The van der Waals surface area contributed by atoms with Crippen LogP contribution >= 0.6 is 0 Å². The molecule has 11 heteroatoms. The number of hydrogen-bond acceptors (Lipinski definition) is 5. The Kier molecular flexibility index (Phi) is 4.61. The minimum Gasteiger partial charge on any atom is -0.444 e. The van der Waals surface area contributed by atoms with Crippen LogP contribution in [0, 0.1) is 0 Å². The number of rotatable bonds is 5. The minimum absolute atomic E-state index is 0.127. The Labute approximate surface area is 171 Å². The summed E-state index contributed by atoms with van der Waals surface area (Å²) in [5, 5.41) is 9.92. The molecule has 2 amide bonds. The maximum atomic E-state index is 12.3. The summed E-state index contributed by atoms with van der Waals surface area (Å²) in [6.45, 7) is 5.42. The third-order valence-corrected chi connectivity index (χ3v) is 5.83. The normalized spacial score (nSPS) is 32.3. The van der Waals surface area contributed by atoms with Gasteiger partial charge in [0.2, 0.25) is 0 Å². The Morgan fingerprint density at radius 3 is 2.40 bits per heavy atom. The van der Waals surface area contributed by atoms with Gasteiger partial charge in [0.25, 0.3) is 5.91 Å². The zero-order valence-electron chi connectivity index (χ0n) is 17.0. The number of hydrogen-bond donors (Lipinski definition) is 2. The highest BCUT2D eigenvalue weighted by Gasteiger charge is 2.70. The number of carbonyl (C=O) groups excluding carboxylic acids is 2. The van der Waals surface area contributed by atoms with E-state index in [1.54, 1.807) is 31.6 Å². The van der Waals surface area contributed by atoms with Crippen LogP contribution in [0.15, 0.2) is 12.4 Å². The molecule has 4 aliphatic carbocycles. The molecule has 0 unspecified atom stereocenters. The fraction of sp³-hybridized carbons (Fsp3) is 0.737. The zero-order chi connectivity index (χ0) is 21.9. The van der Waals surface area contributed by atoms with Gasteiger partial charge in [0.15, 0.2) is 0 Å². The molecule has 4 saturated carbocycles. The van der Waals surface area contributed by atoms with Crippen LogP contribution in [-0.2, 0) is 15.0 Å². The predicted octanol–water partition coefficient (Wildman–Crippen LogP) is 2.84. The van der Waals surface area contributed by atoms with E-state index in [4.69, 9.17) is 4.74 Å². The van der Waals surface area contributed by atoms with Crippen LogP contribution in [0.3, 0.4) is 0 Å². The molecule has 4 aliphatic rings. The topological polar surface area (TPSA) is 94.5 Å². The molecular formula is C19H25F3N4O4. The summed E-state index contributed by atoms with van der Waals surface area (Å²) in [4.78, 5) is 24.3. The Morgan fingerprint density at radius 2 is 1.83 bits per heavy atom. The number of alkyl halides is 3. The van der Waals surface area contributed by atoms with E-state index in [1.165, 1.54) is 6.20 Å². The van der Waals surface area contributed by atoms with Gasteiger partial charge in [0, 0.05) is 12.2 Å². The number of amides is 2. The van der Waals surface area contributed by atoms with Crippen LogP contribution in [0.25, 0.3) is 0 Å². The molecule has 1 aromatic rings. The van der Waals surface area contributed by atoms with Crippen LogP contribution in [0.1, 0.15) is 63.2 Å². The van der Waals surface area contributed by atoms with Crippen molar-refractivity contribution in [2.24, 2.45) is 0 Å². The van der Waals surface area contributed by atoms with Gasteiger partial charge in [-0.1, -0.05) is 0 Å². The first-order valence-electron chi connectivity index (χ1n) is 9.88. The lowest BCUT2D eigenvalue weighted by molar-refractivity contribution is -0.351. The molecule has 0 atom stereocenters. The van der Waals surface area contributed by atoms with Gasteiger partial charge in [-0.05, 0) is 52.9 Å². The molecule has 2 bridgehead atoms. The first-order chi connectivity index (χ1) is 13.8. The van der Waals surface area contributed by atoms with E-state index in [0.717, 1.165) is 0 Å². The lowest BCUT2D eigenvalue weighted by Crippen LogP contribution is -2.79. The highest BCUT2D eigenvalue weighted by molar-refractivity contribution is 5.94. The Hall–Kier alpha value is -2.30. The number of halogens is 3. The molecule has 1 aromatic heterocycles. The molecule has 0 aromatic carbocycles. The number of nitrogens with zero attached hydrogens (tertiary/aromatic N) is 2. The van der Waals surface area contributed by atoms with Gasteiger partial charge in [-0.25, -0.2) is 4.79 Å². The van der Waals surface area contributed by atoms with Gasteiger partial charge in [-0.15, -0.1) is 13.2 Å². The summed E-state index contributed by atoms with van der Waals surface area (Å²) in [5.41, 5.74) is -0.699. The van der Waals surface area contributed by atoms with E-state index in [-0.39, 0.29) is 35.9 Å². The number of alkyl carbamates (subject to hydrolysis) is 1. The minimum atomic E-state index is -4.65. The highest BCUT2D eigenvalue weighted by atomic mass is 19.4. The SMILES string of the molecule is CC(C)(C)OC(=O)NC12CC(n3cc(C(=O)NC4CC(OC(F)(F)F)C4)cn3)(C1)C2. The largest absolute Gasteiger partial charge is 0.522 e. The van der Waals surface area contributed by atoms with Gasteiger partial charge < -0.3 is 15.4 Å². The summed E-state index contributed by atoms with van der Waals surface area (Å²) in [5.74, 6) is -0.370. The van der Waals surface area contributed by atoms with Crippen molar-refractivity contribution in [1.29, 1.82) is 0 Å². The van der Waals surface area contributed by atoms with E-state index < -0.39 is 24.2 Å². The van der Waals surface area contributed by atoms with Gasteiger partial charge in [-0.2, -0.15) is 5.10 Å². The summed E-state index contributed by atoms with van der Waals surface area (Å²) in [6.07, 6.45) is -0.523. The van der Waals surface area contributed by atoms with Crippen molar-refractivity contribution in [2.45, 2.75) is 88.1 Å². The first-order valence-corrected chi connectivity index (χ1v) is 9.88. The smallest absolute Gasteiger partial charge is 0.444 e. The lowest BCUT2D eigenvalue weighted by atomic mass is 9.44. The second-order valence-electron chi connectivity index (χ2n) is 9.66. The van der Waals surface area contributed by atoms with E-state index in [2.05, 4.69) is 20.5 Å². The first kappa shape index (κ1) is 21.0. The van der Waals surface area contributed by atoms with E-state index >= 15 is 0 Å². The number of aromatic nitrogens is 2. The summed E-state index contributed by atoms with van der Waals surface area (Å²) >= 11 is 0. The van der Waals surface area contributed by atoms with Crippen molar-refractivity contribution >= 4 is 12.0 Å². The van der Waals surface area contributed by atoms with E-state index in [1.807, 2.05) is 0 Å². The molecule has 8 nitrogen and oxygen atoms in total. The Morgan fingerprint density at radius 1 is 1.20 bits per heavy atom. The van der Waals surface area contributed by atoms with Gasteiger partial charge in [-0.3, -0.25) is 14.2 Å². The lowest BCUT2D eigenvalue weighted by Gasteiger charge is -2.69.